The molecule has 0 radical (unpaired) electrons. The maximum atomic E-state index is 5.94. The van der Waals surface area contributed by atoms with Gasteiger partial charge in [0.15, 0.2) is 0 Å². The molecule has 2 atom stereocenters. The van der Waals surface area contributed by atoms with Gasteiger partial charge in [0.05, 0.1) is 0 Å². The molecule has 1 nitrogen and oxygen atoms in total. The van der Waals surface area contributed by atoms with Crippen molar-refractivity contribution in [3.05, 3.63) is 65.2 Å². The van der Waals surface area contributed by atoms with Crippen molar-refractivity contribution in [1.29, 1.82) is 0 Å². The fraction of sp³-hybridized carbons (Fsp3) is 0.538. The molecule has 0 amide bonds. The summed E-state index contributed by atoms with van der Waals surface area (Å²) in [7, 11) is 0. The number of anilines is 1. The quantitative estimate of drug-likeness (QED) is 0.383. The highest BCUT2D eigenvalue weighted by molar-refractivity contribution is 5.40. The largest absolute Gasteiger partial charge is 0.399 e. The van der Waals surface area contributed by atoms with E-state index in [1.54, 1.807) is 5.56 Å². The number of aryl methyl sites for hydroxylation is 1. The molecule has 2 N–H and O–H groups in total. The van der Waals surface area contributed by atoms with Gasteiger partial charge in [0.25, 0.3) is 0 Å². The number of hydrogen-bond donors (Lipinski definition) is 1. The van der Waals surface area contributed by atoms with Crippen LogP contribution in [0.4, 0.5) is 5.69 Å². The van der Waals surface area contributed by atoms with Crippen LogP contribution in [0.2, 0.25) is 0 Å². The van der Waals surface area contributed by atoms with Crippen molar-refractivity contribution in [3.63, 3.8) is 0 Å². The van der Waals surface area contributed by atoms with Crippen molar-refractivity contribution >= 4 is 5.69 Å². The Bertz CT molecular complexity index is 702. The van der Waals surface area contributed by atoms with Crippen LogP contribution in [0.5, 0.6) is 0 Å². The minimum Gasteiger partial charge on any atom is -0.399 e. The summed E-state index contributed by atoms with van der Waals surface area (Å²) in [6, 6.07) is 17.8. The fourth-order valence-electron chi connectivity index (χ4n) is 5.31. The summed E-state index contributed by atoms with van der Waals surface area (Å²) in [4.78, 5) is 0. The predicted molar refractivity (Wildman–Crippen MR) is 118 cm³/mol. The molecule has 0 bridgehead atoms. The average Bonchev–Trinajstić information content (AvgIpc) is 2.68. The Balaban J connectivity index is 1.91. The molecule has 27 heavy (non-hydrogen) atoms. The summed E-state index contributed by atoms with van der Waals surface area (Å²) in [6.07, 6.45) is 13.4. The molecular formula is C26H37N. The van der Waals surface area contributed by atoms with E-state index in [1.807, 2.05) is 0 Å². The molecule has 3 rings (SSSR count). The summed E-state index contributed by atoms with van der Waals surface area (Å²) in [5.41, 5.74) is 11.7. The summed E-state index contributed by atoms with van der Waals surface area (Å²) in [5, 5.41) is 0. The normalized spacial score (nSPS) is 22.7. The molecule has 146 valence electrons. The molecule has 1 aliphatic rings. The van der Waals surface area contributed by atoms with Gasteiger partial charge in [-0.25, -0.2) is 0 Å². The Morgan fingerprint density at radius 1 is 0.963 bits per heavy atom. The van der Waals surface area contributed by atoms with Crippen molar-refractivity contribution in [2.24, 2.45) is 5.41 Å². The molecule has 1 heteroatoms. The summed E-state index contributed by atoms with van der Waals surface area (Å²) in [6.45, 7) is 4.61. The van der Waals surface area contributed by atoms with E-state index < -0.39 is 0 Å². The van der Waals surface area contributed by atoms with Crippen LogP contribution < -0.4 is 5.73 Å². The number of nitrogen functional groups attached to an aromatic ring is 1. The van der Waals surface area contributed by atoms with Crippen LogP contribution in [-0.2, 0) is 6.42 Å². The Morgan fingerprint density at radius 3 is 2.48 bits per heavy atom. The van der Waals surface area contributed by atoms with Gasteiger partial charge in [0.2, 0.25) is 0 Å². The molecule has 0 heterocycles. The van der Waals surface area contributed by atoms with Crippen molar-refractivity contribution in [1.82, 2.24) is 0 Å². The van der Waals surface area contributed by atoms with Gasteiger partial charge < -0.3 is 5.73 Å². The summed E-state index contributed by atoms with van der Waals surface area (Å²) < 4.78 is 0. The van der Waals surface area contributed by atoms with Gasteiger partial charge in [-0.3, -0.25) is 0 Å². The molecule has 1 aliphatic carbocycles. The first kappa shape index (κ1) is 20.0. The smallest absolute Gasteiger partial charge is 0.0314 e. The van der Waals surface area contributed by atoms with Crippen LogP contribution in [0.1, 0.15) is 87.3 Å². The van der Waals surface area contributed by atoms with Crippen molar-refractivity contribution in [3.8, 4) is 0 Å². The first-order chi connectivity index (χ1) is 13.1. The van der Waals surface area contributed by atoms with E-state index in [0.717, 1.165) is 5.69 Å². The van der Waals surface area contributed by atoms with E-state index in [2.05, 4.69) is 62.4 Å². The van der Waals surface area contributed by atoms with E-state index >= 15 is 0 Å². The lowest BCUT2D eigenvalue weighted by molar-refractivity contribution is 0.129. The molecular weight excluding hydrogens is 326 g/mol. The third kappa shape index (κ3) is 4.94. The number of hydrogen-bond acceptors (Lipinski definition) is 1. The van der Waals surface area contributed by atoms with Crippen LogP contribution in [0.25, 0.3) is 0 Å². The Hall–Kier alpha value is -1.76. The zero-order valence-electron chi connectivity index (χ0n) is 17.3. The van der Waals surface area contributed by atoms with Crippen molar-refractivity contribution in [2.45, 2.75) is 84.0 Å². The third-order valence-corrected chi connectivity index (χ3v) is 6.78. The first-order valence-electron chi connectivity index (χ1n) is 11.0. The minimum absolute atomic E-state index is 0.397. The van der Waals surface area contributed by atoms with Crippen molar-refractivity contribution in [2.75, 3.05) is 5.73 Å². The van der Waals surface area contributed by atoms with Crippen LogP contribution in [0.3, 0.4) is 0 Å². The highest BCUT2D eigenvalue weighted by Crippen LogP contribution is 2.53. The molecule has 2 aromatic rings. The Labute approximate surface area is 166 Å². The lowest BCUT2D eigenvalue weighted by Crippen LogP contribution is -2.35. The SMILES string of the molecule is CCCCCCC1(Cc2ccc(N)cc2)CCCCC1c1ccccc1C. The average molecular weight is 364 g/mol. The third-order valence-electron chi connectivity index (χ3n) is 6.78. The van der Waals surface area contributed by atoms with Crippen LogP contribution in [0, 0.1) is 12.3 Å². The molecule has 2 aromatic carbocycles. The first-order valence-corrected chi connectivity index (χ1v) is 11.0. The number of benzene rings is 2. The zero-order chi connectivity index (χ0) is 19.1. The highest BCUT2D eigenvalue weighted by Gasteiger charge is 2.41. The van der Waals surface area contributed by atoms with Gasteiger partial charge in [0, 0.05) is 5.69 Å². The van der Waals surface area contributed by atoms with E-state index in [-0.39, 0.29) is 0 Å². The summed E-state index contributed by atoms with van der Waals surface area (Å²) >= 11 is 0. The maximum absolute atomic E-state index is 5.94. The molecule has 0 aromatic heterocycles. The van der Waals surface area contributed by atoms with E-state index in [4.69, 9.17) is 5.73 Å². The predicted octanol–water partition coefficient (Wildman–Crippen LogP) is 7.43. The zero-order valence-corrected chi connectivity index (χ0v) is 17.3. The Morgan fingerprint density at radius 2 is 1.74 bits per heavy atom. The molecule has 2 unspecified atom stereocenters. The lowest BCUT2D eigenvalue weighted by atomic mass is 9.58. The van der Waals surface area contributed by atoms with Crippen LogP contribution >= 0.6 is 0 Å². The van der Waals surface area contributed by atoms with Crippen LogP contribution in [-0.4, -0.2) is 0 Å². The second-order valence-corrected chi connectivity index (χ2v) is 8.75. The number of unbranched alkanes of at least 4 members (excludes halogenated alkanes) is 3. The molecule has 0 saturated heterocycles. The maximum Gasteiger partial charge on any atom is 0.0314 e. The monoisotopic (exact) mass is 363 g/mol. The van der Waals surface area contributed by atoms with Gasteiger partial charge in [0.1, 0.15) is 0 Å². The van der Waals surface area contributed by atoms with E-state index in [0.29, 0.717) is 11.3 Å². The number of nitrogens with two attached hydrogens (primary N) is 1. The lowest BCUT2D eigenvalue weighted by Gasteiger charge is -2.46. The topological polar surface area (TPSA) is 26.0 Å². The van der Waals surface area contributed by atoms with E-state index in [9.17, 15) is 0 Å². The minimum atomic E-state index is 0.397. The van der Waals surface area contributed by atoms with E-state index in [1.165, 1.54) is 75.3 Å². The highest BCUT2D eigenvalue weighted by atomic mass is 14.5. The molecule has 1 saturated carbocycles. The van der Waals surface area contributed by atoms with Gasteiger partial charge in [-0.15, -0.1) is 0 Å². The standard InChI is InChI=1S/C26H37N/c1-3-4-5-9-18-26(20-22-14-16-23(27)17-15-22)19-10-8-13-25(26)24-12-7-6-11-21(24)2/h6-7,11-12,14-17,25H,3-5,8-10,13,18-20,27H2,1-2H3. The van der Waals surface area contributed by atoms with Gasteiger partial charge in [-0.1, -0.05) is 81.8 Å². The molecule has 0 aliphatic heterocycles. The molecule has 1 fully saturated rings. The van der Waals surface area contributed by atoms with Crippen molar-refractivity contribution < 1.29 is 0 Å². The van der Waals surface area contributed by atoms with Gasteiger partial charge >= 0.3 is 0 Å². The summed E-state index contributed by atoms with van der Waals surface area (Å²) in [5.74, 6) is 0.687. The van der Waals surface area contributed by atoms with Gasteiger partial charge in [-0.05, 0) is 72.8 Å². The Kier molecular flexibility index (Phi) is 6.99. The molecule has 0 spiro atoms. The fourth-order valence-corrected chi connectivity index (χ4v) is 5.31. The van der Waals surface area contributed by atoms with Crippen LogP contribution in [0.15, 0.2) is 48.5 Å². The number of rotatable bonds is 8. The second-order valence-electron chi connectivity index (χ2n) is 8.75. The van der Waals surface area contributed by atoms with Gasteiger partial charge in [-0.2, -0.15) is 0 Å². The second kappa shape index (κ2) is 9.44.